The minimum Gasteiger partial charge on any atom is -0.387 e. The highest BCUT2D eigenvalue weighted by Crippen LogP contribution is 2.38. The zero-order valence-electron chi connectivity index (χ0n) is 34.5. The number of aromatic nitrogens is 1. The van der Waals surface area contributed by atoms with Gasteiger partial charge in [-0.3, -0.25) is 4.79 Å². The van der Waals surface area contributed by atoms with Crippen molar-refractivity contribution in [2.45, 2.75) is 155 Å². The zero-order valence-corrected chi connectivity index (χ0v) is 34.5. The lowest BCUT2D eigenvalue weighted by molar-refractivity contribution is -0.436. The van der Waals surface area contributed by atoms with E-state index in [1.807, 2.05) is 6.08 Å². The molecule has 4 heteroatoms. The molecule has 2 aliphatic rings. The first-order valence-corrected chi connectivity index (χ1v) is 22.7. The lowest BCUT2D eigenvalue weighted by Crippen LogP contribution is -2.45. The monoisotopic (exact) mass is 752 g/mol. The highest BCUT2D eigenvalue weighted by molar-refractivity contribution is 6.23. The summed E-state index contributed by atoms with van der Waals surface area (Å²) in [4.78, 5) is 14.2. The molecule has 0 amide bonds. The normalized spacial score (nSPS) is 17.8. The van der Waals surface area contributed by atoms with E-state index in [4.69, 9.17) is 0 Å². The van der Waals surface area contributed by atoms with Gasteiger partial charge in [-0.1, -0.05) is 178 Å². The molecule has 4 aromatic carbocycles. The summed E-state index contributed by atoms with van der Waals surface area (Å²) >= 11 is 0. The summed E-state index contributed by atoms with van der Waals surface area (Å²) in [6.07, 6.45) is 29.4. The van der Waals surface area contributed by atoms with E-state index in [-0.39, 0.29) is 5.78 Å². The maximum atomic E-state index is 14.2. The van der Waals surface area contributed by atoms with Gasteiger partial charge < -0.3 is 9.67 Å². The molecule has 1 saturated carbocycles. The number of aryl methyl sites for hydroxylation is 1. The molecule has 1 N–H and O–H groups in total. The number of aliphatic hydroxyl groups excluding tert-OH is 1. The van der Waals surface area contributed by atoms with E-state index in [1.54, 1.807) is 0 Å². The van der Waals surface area contributed by atoms with Crippen molar-refractivity contribution in [2.75, 3.05) is 6.54 Å². The second kappa shape index (κ2) is 19.9. The van der Waals surface area contributed by atoms with Gasteiger partial charge in [0.1, 0.15) is 6.54 Å². The Labute approximate surface area is 336 Å². The molecule has 5 aromatic rings. The smallest absolute Gasteiger partial charge is 0.214 e. The maximum Gasteiger partial charge on any atom is 0.214 e. The molecule has 4 nitrogen and oxygen atoms in total. The van der Waals surface area contributed by atoms with Crippen LogP contribution in [0.15, 0.2) is 84.4 Å². The molecule has 296 valence electrons. The molecule has 2 atom stereocenters. The molecule has 0 radical (unpaired) electrons. The molecule has 1 aliphatic heterocycles. The standard InChI is InChI=1S/C52H67N2O2/c1-3-5-7-9-11-13-15-17-19-21-35-53-45-33-25-29-39-27-23-31-41(49(39)45)47(53)37-43-51(55)44(52(43)56)38-48-42-32-24-28-40-30-26-34-46(50(40)42)54(48)36-22-20-18-16-14-12-10-8-6-4-2/h23-34,37-38,43,51,55H,3-22,35-36H2,1-2H3/q+1. The topological polar surface area (TPSA) is 45.2 Å². The molecular weight excluding hydrogens is 685 g/mol. The van der Waals surface area contributed by atoms with Crippen LogP contribution in [0.3, 0.4) is 0 Å². The number of hydrogen-bond donors (Lipinski definition) is 1. The number of hydrogen-bond acceptors (Lipinski definition) is 2. The van der Waals surface area contributed by atoms with Gasteiger partial charge in [0, 0.05) is 52.3 Å². The van der Waals surface area contributed by atoms with Gasteiger partial charge in [-0.15, -0.1) is 0 Å². The van der Waals surface area contributed by atoms with Gasteiger partial charge in [0.2, 0.25) is 11.4 Å². The Balaban J connectivity index is 1.08. The average molecular weight is 752 g/mol. The van der Waals surface area contributed by atoms with Gasteiger partial charge in [-0.05, 0) is 41.8 Å². The number of ketones is 1. The summed E-state index contributed by atoms with van der Waals surface area (Å²) < 4.78 is 4.85. The van der Waals surface area contributed by atoms with Crippen molar-refractivity contribution in [3.63, 3.8) is 0 Å². The number of Topliss-reactive ketones (excluding diaryl/α,β-unsaturated/α-hetero) is 1. The van der Waals surface area contributed by atoms with E-state index >= 15 is 0 Å². The van der Waals surface area contributed by atoms with E-state index in [2.05, 4.69) is 102 Å². The molecule has 0 spiro atoms. The lowest BCUT2D eigenvalue weighted by atomic mass is 9.74. The summed E-state index contributed by atoms with van der Waals surface area (Å²) in [5.74, 6) is -0.506. The zero-order chi connectivity index (χ0) is 38.7. The van der Waals surface area contributed by atoms with Crippen molar-refractivity contribution in [3.05, 3.63) is 95.4 Å². The summed E-state index contributed by atoms with van der Waals surface area (Å²) in [6.45, 7) is 6.40. The number of nitrogens with zero attached hydrogens (tertiary/aromatic N) is 2. The van der Waals surface area contributed by atoms with Crippen LogP contribution in [0.2, 0.25) is 0 Å². The van der Waals surface area contributed by atoms with E-state index in [9.17, 15) is 9.90 Å². The van der Waals surface area contributed by atoms with Gasteiger partial charge in [0.15, 0.2) is 5.78 Å². The molecule has 0 saturated heterocycles. The molecular formula is C52H67N2O2+. The Morgan fingerprint density at radius 2 is 1.16 bits per heavy atom. The van der Waals surface area contributed by atoms with E-state index in [0.717, 1.165) is 37.0 Å². The predicted octanol–water partition coefficient (Wildman–Crippen LogP) is 12.9. The maximum absolute atomic E-state index is 14.2. The highest BCUT2D eigenvalue weighted by atomic mass is 16.3. The van der Waals surface area contributed by atoms with Crippen molar-refractivity contribution in [3.8, 4) is 0 Å². The first kappa shape index (κ1) is 40.2. The van der Waals surface area contributed by atoms with Crippen LogP contribution in [-0.4, -0.2) is 38.4 Å². The van der Waals surface area contributed by atoms with Crippen LogP contribution in [0.5, 0.6) is 0 Å². The number of benzene rings is 4. The van der Waals surface area contributed by atoms with Gasteiger partial charge in [-0.2, -0.15) is 4.58 Å². The van der Waals surface area contributed by atoms with Crippen molar-refractivity contribution in [1.29, 1.82) is 0 Å². The molecule has 1 fully saturated rings. The third-order valence-electron chi connectivity index (χ3n) is 12.8. The predicted molar refractivity (Wildman–Crippen MR) is 238 cm³/mol. The van der Waals surface area contributed by atoms with Gasteiger partial charge in [0.05, 0.1) is 23.0 Å². The minimum atomic E-state index is -0.827. The Kier molecular flexibility index (Phi) is 14.3. The first-order chi connectivity index (χ1) is 27.6. The lowest BCUT2D eigenvalue weighted by Gasteiger charge is -2.31. The summed E-state index contributed by atoms with van der Waals surface area (Å²) in [5, 5.41) is 19.0. The molecule has 7 rings (SSSR count). The number of rotatable bonds is 24. The van der Waals surface area contributed by atoms with Crippen LogP contribution in [0.4, 0.5) is 5.69 Å². The van der Waals surface area contributed by atoms with Crippen molar-refractivity contribution >= 4 is 55.7 Å². The van der Waals surface area contributed by atoms with Crippen molar-refractivity contribution in [1.82, 2.24) is 4.57 Å². The molecule has 56 heavy (non-hydrogen) atoms. The van der Waals surface area contributed by atoms with Gasteiger partial charge >= 0.3 is 0 Å². The fourth-order valence-corrected chi connectivity index (χ4v) is 9.62. The second-order valence-corrected chi connectivity index (χ2v) is 16.9. The SMILES string of the molecule is CCCCCCCCCCCCn1c(=CC2C(=O)C(=CC3=[N+](CCCCCCCCCCCC)c4cccc5cccc3c45)C2O)c2cccc3cccc1c32. The number of carbonyl (C=O) groups excluding carboxylic acids is 1. The summed E-state index contributed by atoms with van der Waals surface area (Å²) in [5.41, 5.74) is 5.21. The van der Waals surface area contributed by atoms with Crippen molar-refractivity contribution < 1.29 is 14.5 Å². The molecule has 0 bridgehead atoms. The van der Waals surface area contributed by atoms with Crippen LogP contribution in [0.25, 0.3) is 38.5 Å². The van der Waals surface area contributed by atoms with Crippen LogP contribution >= 0.6 is 0 Å². The largest absolute Gasteiger partial charge is 0.387 e. The fraction of sp³-hybridized carbons (Fsp3) is 0.500. The number of aliphatic hydroxyl groups is 1. The molecule has 2 heterocycles. The van der Waals surface area contributed by atoms with Gasteiger partial charge in [-0.25, -0.2) is 0 Å². The average Bonchev–Trinajstić information content (AvgIpc) is 3.70. The Hall–Kier alpha value is -4.02. The number of unbranched alkanes of at least 4 members (excludes halogenated alkanes) is 18. The highest BCUT2D eigenvalue weighted by Gasteiger charge is 2.44. The quantitative estimate of drug-likeness (QED) is 0.0388. The fourth-order valence-electron chi connectivity index (χ4n) is 9.62. The minimum absolute atomic E-state index is 0.0431. The Morgan fingerprint density at radius 1 is 0.625 bits per heavy atom. The van der Waals surface area contributed by atoms with Gasteiger partial charge in [0.25, 0.3) is 0 Å². The van der Waals surface area contributed by atoms with Crippen molar-refractivity contribution in [2.24, 2.45) is 5.92 Å². The molecule has 1 aromatic heterocycles. The first-order valence-electron chi connectivity index (χ1n) is 22.7. The number of allylic oxidation sites excluding steroid dienone is 1. The van der Waals surface area contributed by atoms with Crippen LogP contribution in [-0.2, 0) is 11.3 Å². The third-order valence-corrected chi connectivity index (χ3v) is 12.8. The number of carbonyl (C=O) groups is 1. The van der Waals surface area contributed by atoms with Crippen LogP contribution < -0.4 is 5.35 Å². The van der Waals surface area contributed by atoms with Crippen LogP contribution in [0, 0.1) is 5.92 Å². The summed E-state index contributed by atoms with van der Waals surface area (Å²) in [7, 11) is 0. The Morgan fingerprint density at radius 3 is 1.79 bits per heavy atom. The Bertz CT molecular complexity index is 2190. The molecule has 1 aliphatic carbocycles. The second-order valence-electron chi connectivity index (χ2n) is 16.9. The van der Waals surface area contributed by atoms with E-state index in [0.29, 0.717) is 5.57 Å². The van der Waals surface area contributed by atoms with E-state index < -0.39 is 12.0 Å². The van der Waals surface area contributed by atoms with E-state index in [1.165, 1.54) is 159 Å². The third kappa shape index (κ3) is 8.91. The molecule has 2 unspecified atom stereocenters. The summed E-state index contributed by atoms with van der Waals surface area (Å²) in [6, 6.07) is 26.1. The van der Waals surface area contributed by atoms with Crippen LogP contribution in [0.1, 0.15) is 148 Å².